The summed E-state index contributed by atoms with van der Waals surface area (Å²) >= 11 is 0. The van der Waals surface area contributed by atoms with Crippen LogP contribution in [0.1, 0.15) is 33.6 Å². The Labute approximate surface area is 62.8 Å². The molecule has 1 atom stereocenters. The van der Waals surface area contributed by atoms with Crippen molar-refractivity contribution in [2.75, 3.05) is 6.54 Å². The number of carbonyl (C=O) groups excluding carboxylic acids is 1. The Morgan fingerprint density at radius 2 is 2.00 bits per heavy atom. The summed E-state index contributed by atoms with van der Waals surface area (Å²) in [6.45, 7) is 6.28. The molecule has 2 heteroatoms. The first-order valence-corrected chi connectivity index (χ1v) is 3.84. The molecule has 0 radical (unpaired) electrons. The lowest BCUT2D eigenvalue weighted by atomic mass is 9.82. The molecule has 1 unspecified atom stereocenters. The van der Waals surface area contributed by atoms with Gasteiger partial charge in [0.25, 0.3) is 0 Å². The zero-order chi connectivity index (χ0) is 8.20. The molecule has 0 bridgehead atoms. The Bertz CT molecular complexity index is 116. The van der Waals surface area contributed by atoms with Gasteiger partial charge in [0.1, 0.15) is 5.78 Å². The van der Waals surface area contributed by atoms with E-state index in [0.717, 1.165) is 6.42 Å². The van der Waals surface area contributed by atoms with Gasteiger partial charge in [0.15, 0.2) is 0 Å². The van der Waals surface area contributed by atoms with Crippen LogP contribution in [0.2, 0.25) is 0 Å². The highest BCUT2D eigenvalue weighted by Crippen LogP contribution is 2.21. The lowest BCUT2D eigenvalue weighted by Crippen LogP contribution is -2.34. The van der Waals surface area contributed by atoms with Crippen molar-refractivity contribution in [1.29, 1.82) is 0 Å². The summed E-state index contributed by atoms with van der Waals surface area (Å²) in [6, 6.07) is 0. The molecular weight excluding hydrogens is 126 g/mol. The molecule has 0 aromatic carbocycles. The highest BCUT2D eigenvalue weighted by molar-refractivity contribution is 5.84. The summed E-state index contributed by atoms with van der Waals surface area (Å²) in [5, 5.41) is 0. The SMILES string of the molecule is CCC(=O)C(C)(CC)CN. The van der Waals surface area contributed by atoms with E-state index >= 15 is 0 Å². The predicted octanol–water partition coefficient (Wildman–Crippen LogP) is 1.34. The van der Waals surface area contributed by atoms with Crippen molar-refractivity contribution in [3.8, 4) is 0 Å². The van der Waals surface area contributed by atoms with Gasteiger partial charge in [0.05, 0.1) is 0 Å². The smallest absolute Gasteiger partial charge is 0.139 e. The summed E-state index contributed by atoms with van der Waals surface area (Å²) in [7, 11) is 0. The number of hydrogen-bond acceptors (Lipinski definition) is 2. The number of Topliss-reactive ketones (excluding diaryl/α,β-unsaturated/α-hetero) is 1. The van der Waals surface area contributed by atoms with Crippen LogP contribution in [0.4, 0.5) is 0 Å². The van der Waals surface area contributed by atoms with Crippen LogP contribution in [-0.4, -0.2) is 12.3 Å². The average molecular weight is 143 g/mol. The molecule has 0 saturated heterocycles. The van der Waals surface area contributed by atoms with Crippen LogP contribution < -0.4 is 5.73 Å². The Morgan fingerprint density at radius 3 is 2.10 bits per heavy atom. The largest absolute Gasteiger partial charge is 0.329 e. The number of ketones is 1. The monoisotopic (exact) mass is 143 g/mol. The van der Waals surface area contributed by atoms with E-state index in [-0.39, 0.29) is 11.2 Å². The van der Waals surface area contributed by atoms with Gasteiger partial charge in [-0.05, 0) is 6.42 Å². The third-order valence-electron chi connectivity index (χ3n) is 2.23. The topological polar surface area (TPSA) is 43.1 Å². The molecular formula is C8H17NO. The van der Waals surface area contributed by atoms with Crippen LogP contribution in [0.15, 0.2) is 0 Å². The van der Waals surface area contributed by atoms with E-state index in [1.165, 1.54) is 0 Å². The molecule has 0 aromatic heterocycles. The third-order valence-corrected chi connectivity index (χ3v) is 2.23. The summed E-state index contributed by atoms with van der Waals surface area (Å²) < 4.78 is 0. The van der Waals surface area contributed by atoms with E-state index in [0.29, 0.717) is 13.0 Å². The second-order valence-corrected chi connectivity index (χ2v) is 2.90. The van der Waals surface area contributed by atoms with Crippen molar-refractivity contribution < 1.29 is 4.79 Å². The molecule has 0 aliphatic heterocycles. The van der Waals surface area contributed by atoms with Crippen LogP contribution >= 0.6 is 0 Å². The van der Waals surface area contributed by atoms with E-state index in [4.69, 9.17) is 5.73 Å². The molecule has 0 saturated carbocycles. The van der Waals surface area contributed by atoms with Crippen LogP contribution in [0.25, 0.3) is 0 Å². The fourth-order valence-corrected chi connectivity index (χ4v) is 0.882. The van der Waals surface area contributed by atoms with Gasteiger partial charge in [-0.2, -0.15) is 0 Å². The molecule has 0 aromatic rings. The first-order chi connectivity index (χ1) is 4.60. The number of nitrogens with two attached hydrogens (primary N) is 1. The third kappa shape index (κ3) is 1.81. The number of rotatable bonds is 4. The van der Waals surface area contributed by atoms with E-state index in [2.05, 4.69) is 0 Å². The van der Waals surface area contributed by atoms with Crippen LogP contribution in [0.3, 0.4) is 0 Å². The highest BCUT2D eigenvalue weighted by atomic mass is 16.1. The van der Waals surface area contributed by atoms with Gasteiger partial charge in [-0.15, -0.1) is 0 Å². The molecule has 2 nitrogen and oxygen atoms in total. The normalized spacial score (nSPS) is 16.4. The zero-order valence-electron chi connectivity index (χ0n) is 7.11. The van der Waals surface area contributed by atoms with Gasteiger partial charge in [-0.3, -0.25) is 4.79 Å². The summed E-state index contributed by atoms with van der Waals surface area (Å²) in [5.41, 5.74) is 5.20. The maximum atomic E-state index is 11.2. The van der Waals surface area contributed by atoms with Gasteiger partial charge in [-0.1, -0.05) is 20.8 Å². The maximum Gasteiger partial charge on any atom is 0.139 e. The lowest BCUT2D eigenvalue weighted by molar-refractivity contribution is -0.127. The second kappa shape index (κ2) is 3.71. The minimum atomic E-state index is -0.269. The van der Waals surface area contributed by atoms with Crippen LogP contribution in [0.5, 0.6) is 0 Å². The Morgan fingerprint density at radius 1 is 1.50 bits per heavy atom. The first-order valence-electron chi connectivity index (χ1n) is 3.84. The van der Waals surface area contributed by atoms with Crippen molar-refractivity contribution in [2.24, 2.45) is 11.1 Å². The fraction of sp³-hybridized carbons (Fsp3) is 0.875. The molecule has 0 aliphatic carbocycles. The second-order valence-electron chi connectivity index (χ2n) is 2.90. The van der Waals surface area contributed by atoms with Crippen molar-refractivity contribution in [3.05, 3.63) is 0 Å². The van der Waals surface area contributed by atoms with Gasteiger partial charge in [0, 0.05) is 18.4 Å². The number of carbonyl (C=O) groups is 1. The molecule has 60 valence electrons. The van der Waals surface area contributed by atoms with Gasteiger partial charge in [0.2, 0.25) is 0 Å². The standard InChI is InChI=1S/C8H17NO/c1-4-7(10)8(3,5-2)6-9/h4-6,9H2,1-3H3. The Hall–Kier alpha value is -0.370. The molecule has 0 spiro atoms. The van der Waals surface area contributed by atoms with Crippen molar-refractivity contribution in [3.63, 3.8) is 0 Å². The minimum Gasteiger partial charge on any atom is -0.329 e. The quantitative estimate of drug-likeness (QED) is 0.645. The maximum absolute atomic E-state index is 11.2. The summed E-state index contributed by atoms with van der Waals surface area (Å²) in [6.07, 6.45) is 1.44. The molecule has 0 heterocycles. The molecule has 10 heavy (non-hydrogen) atoms. The van der Waals surface area contributed by atoms with E-state index in [1.807, 2.05) is 20.8 Å². The Kier molecular flexibility index (Phi) is 3.58. The molecule has 0 fully saturated rings. The minimum absolute atomic E-state index is 0.269. The fourth-order valence-electron chi connectivity index (χ4n) is 0.882. The van der Waals surface area contributed by atoms with Crippen molar-refractivity contribution in [1.82, 2.24) is 0 Å². The predicted molar refractivity (Wildman–Crippen MR) is 42.8 cm³/mol. The first kappa shape index (κ1) is 9.63. The van der Waals surface area contributed by atoms with Gasteiger partial charge < -0.3 is 5.73 Å². The lowest BCUT2D eigenvalue weighted by Gasteiger charge is -2.23. The molecule has 0 aliphatic rings. The van der Waals surface area contributed by atoms with E-state index in [1.54, 1.807) is 0 Å². The number of hydrogen-bond donors (Lipinski definition) is 1. The van der Waals surface area contributed by atoms with Gasteiger partial charge >= 0.3 is 0 Å². The van der Waals surface area contributed by atoms with E-state index < -0.39 is 0 Å². The molecule has 2 N–H and O–H groups in total. The average Bonchev–Trinajstić information content (AvgIpc) is 2.01. The highest BCUT2D eigenvalue weighted by Gasteiger charge is 2.27. The summed E-state index contributed by atoms with van der Waals surface area (Å²) in [4.78, 5) is 11.2. The van der Waals surface area contributed by atoms with Crippen LogP contribution in [-0.2, 0) is 4.79 Å². The van der Waals surface area contributed by atoms with Crippen molar-refractivity contribution >= 4 is 5.78 Å². The molecule has 0 amide bonds. The Balaban J connectivity index is 4.17. The van der Waals surface area contributed by atoms with E-state index in [9.17, 15) is 4.79 Å². The van der Waals surface area contributed by atoms with Gasteiger partial charge in [-0.25, -0.2) is 0 Å². The molecule has 0 rings (SSSR count). The summed E-state index contributed by atoms with van der Waals surface area (Å²) in [5.74, 6) is 0.275. The van der Waals surface area contributed by atoms with Crippen LogP contribution in [0, 0.1) is 5.41 Å². The zero-order valence-corrected chi connectivity index (χ0v) is 7.11. The van der Waals surface area contributed by atoms with Crippen molar-refractivity contribution in [2.45, 2.75) is 33.6 Å².